The molecule has 8 nitrogen and oxygen atoms in total. The maximum absolute atomic E-state index is 14.1. The number of nitrogens with zero attached hydrogens (tertiary/aromatic N) is 2. The summed E-state index contributed by atoms with van der Waals surface area (Å²) in [6, 6.07) is 12.7. The molecule has 2 fully saturated rings. The van der Waals surface area contributed by atoms with E-state index in [0.717, 1.165) is 5.56 Å². The van der Waals surface area contributed by atoms with Crippen LogP contribution in [0.25, 0.3) is 0 Å². The van der Waals surface area contributed by atoms with Crippen LogP contribution in [0, 0.1) is 10.8 Å². The summed E-state index contributed by atoms with van der Waals surface area (Å²) in [5.41, 5.74) is -0.540. The summed E-state index contributed by atoms with van der Waals surface area (Å²) in [5.74, 6) is -3.34. The Balaban J connectivity index is 1.83. The number of hydrogen-bond donors (Lipinski definition) is 0. The van der Waals surface area contributed by atoms with Crippen molar-refractivity contribution in [3.05, 3.63) is 65.2 Å². The van der Waals surface area contributed by atoms with Crippen molar-refractivity contribution < 1.29 is 28.6 Å². The molecule has 5 rings (SSSR count). The zero-order chi connectivity index (χ0) is 26.0. The number of carbonyl (C=O) groups is 3. The summed E-state index contributed by atoms with van der Waals surface area (Å²) in [6.45, 7) is 8.51. The second-order valence-corrected chi connectivity index (χ2v) is 11.0. The maximum atomic E-state index is 14.1. The zero-order valence-electron chi connectivity index (χ0n) is 21.3. The molecule has 2 aromatic carbocycles. The number of carbonyl (C=O) groups excluding carboxylic acids is 3. The molecule has 1 unspecified atom stereocenters. The lowest BCUT2D eigenvalue weighted by atomic mass is 9.64. The first kappa shape index (κ1) is 24.0. The van der Waals surface area contributed by atoms with Gasteiger partial charge in [-0.1, -0.05) is 57.2 Å². The van der Waals surface area contributed by atoms with E-state index in [4.69, 9.17) is 14.2 Å². The Kier molecular flexibility index (Phi) is 5.28. The van der Waals surface area contributed by atoms with Crippen molar-refractivity contribution in [2.45, 2.75) is 58.4 Å². The van der Waals surface area contributed by atoms with Crippen LogP contribution in [-0.2, 0) is 23.9 Å². The molecule has 36 heavy (non-hydrogen) atoms. The number of Topliss-reactive ketones (excluding diaryl/α,β-unsaturated/α-hetero) is 1. The molecule has 188 valence electrons. The summed E-state index contributed by atoms with van der Waals surface area (Å²) in [5, 5.41) is 6.28. The first-order valence-corrected chi connectivity index (χ1v) is 12.0. The first-order valence-electron chi connectivity index (χ1n) is 12.0. The van der Waals surface area contributed by atoms with Gasteiger partial charge in [-0.2, -0.15) is 5.10 Å². The lowest BCUT2D eigenvalue weighted by Crippen LogP contribution is -2.58. The van der Waals surface area contributed by atoms with E-state index in [1.165, 1.54) is 13.8 Å². The highest BCUT2D eigenvalue weighted by atomic mass is 16.7. The molecule has 2 saturated heterocycles. The molecule has 3 heterocycles. The van der Waals surface area contributed by atoms with Gasteiger partial charge < -0.3 is 14.2 Å². The molecular formula is C28H30N2O6. The van der Waals surface area contributed by atoms with E-state index in [-0.39, 0.29) is 5.78 Å². The number of rotatable bonds is 3. The molecule has 2 aromatic rings. The molecule has 8 heteroatoms. The van der Waals surface area contributed by atoms with Crippen LogP contribution in [0.3, 0.4) is 0 Å². The van der Waals surface area contributed by atoms with Gasteiger partial charge in [0.15, 0.2) is 5.78 Å². The third kappa shape index (κ3) is 3.34. The Morgan fingerprint density at radius 2 is 1.61 bits per heavy atom. The van der Waals surface area contributed by atoms with Crippen molar-refractivity contribution in [1.82, 2.24) is 5.01 Å². The standard InChI is InChI=1S/C28H30N2O6/c1-26(2,3)23(31)21-20(16-11-13-18(34-6)14-12-16)28(24(32)35-27(4,5)36-25(28)33)22-19-10-8-7-9-17(19)15-29-30(21)22/h7-15,20-22H,1-6H3/t20-,21+,22?/m0/s1. The van der Waals surface area contributed by atoms with Gasteiger partial charge in [-0.15, -0.1) is 0 Å². The molecule has 0 radical (unpaired) electrons. The molecular weight excluding hydrogens is 460 g/mol. The number of fused-ring (bicyclic) bond motifs is 4. The summed E-state index contributed by atoms with van der Waals surface area (Å²) in [6.07, 6.45) is 1.67. The van der Waals surface area contributed by atoms with Gasteiger partial charge in [0.2, 0.25) is 5.41 Å². The molecule has 0 saturated carbocycles. The minimum atomic E-state index is -1.86. The number of esters is 2. The van der Waals surface area contributed by atoms with Crippen LogP contribution in [-0.4, -0.2) is 47.9 Å². The molecule has 0 aliphatic carbocycles. The molecule has 3 atom stereocenters. The smallest absolute Gasteiger partial charge is 0.330 e. The summed E-state index contributed by atoms with van der Waals surface area (Å²) >= 11 is 0. The van der Waals surface area contributed by atoms with E-state index in [1.54, 1.807) is 42.6 Å². The summed E-state index contributed by atoms with van der Waals surface area (Å²) < 4.78 is 16.8. The van der Waals surface area contributed by atoms with Crippen LogP contribution in [0.4, 0.5) is 0 Å². The van der Waals surface area contributed by atoms with Crippen LogP contribution in [0.5, 0.6) is 5.75 Å². The van der Waals surface area contributed by atoms with Crippen LogP contribution < -0.4 is 4.74 Å². The monoisotopic (exact) mass is 490 g/mol. The fourth-order valence-electron chi connectivity index (χ4n) is 5.64. The van der Waals surface area contributed by atoms with E-state index >= 15 is 0 Å². The normalized spacial score (nSPS) is 25.6. The van der Waals surface area contributed by atoms with E-state index in [9.17, 15) is 14.4 Å². The Bertz CT molecular complexity index is 1250. The van der Waals surface area contributed by atoms with Crippen LogP contribution in [0.1, 0.15) is 63.3 Å². The van der Waals surface area contributed by atoms with Crippen molar-refractivity contribution in [3.8, 4) is 5.75 Å². The first-order chi connectivity index (χ1) is 16.9. The summed E-state index contributed by atoms with van der Waals surface area (Å²) in [4.78, 5) is 42.3. The summed E-state index contributed by atoms with van der Waals surface area (Å²) in [7, 11) is 1.56. The lowest BCUT2D eigenvalue weighted by molar-refractivity contribution is -0.254. The van der Waals surface area contributed by atoms with Gasteiger partial charge >= 0.3 is 11.9 Å². The number of ether oxygens (including phenoxy) is 3. The predicted molar refractivity (Wildman–Crippen MR) is 131 cm³/mol. The topological polar surface area (TPSA) is 94.5 Å². The Morgan fingerprint density at radius 3 is 2.19 bits per heavy atom. The largest absolute Gasteiger partial charge is 0.497 e. The highest BCUT2D eigenvalue weighted by molar-refractivity contribution is 6.07. The van der Waals surface area contributed by atoms with Crippen molar-refractivity contribution >= 4 is 23.9 Å². The van der Waals surface area contributed by atoms with E-state index in [0.29, 0.717) is 16.9 Å². The van der Waals surface area contributed by atoms with Crippen molar-refractivity contribution in [1.29, 1.82) is 0 Å². The third-order valence-electron chi connectivity index (χ3n) is 7.24. The molecule has 0 amide bonds. The molecule has 1 spiro atoms. The van der Waals surface area contributed by atoms with Crippen molar-refractivity contribution in [2.75, 3.05) is 7.11 Å². The average Bonchev–Trinajstić information content (AvgIpc) is 3.13. The highest BCUT2D eigenvalue weighted by Gasteiger charge is 2.75. The highest BCUT2D eigenvalue weighted by Crippen LogP contribution is 2.63. The number of methoxy groups -OCH3 is 1. The van der Waals surface area contributed by atoms with Crippen LogP contribution in [0.15, 0.2) is 53.6 Å². The number of ketones is 1. The second kappa shape index (κ2) is 7.91. The molecule has 0 N–H and O–H groups in total. The van der Waals surface area contributed by atoms with E-state index in [2.05, 4.69) is 5.10 Å². The minimum Gasteiger partial charge on any atom is -0.497 e. The fourth-order valence-corrected chi connectivity index (χ4v) is 5.64. The number of benzene rings is 2. The van der Waals surface area contributed by atoms with Gasteiger partial charge in [-0.3, -0.25) is 19.4 Å². The predicted octanol–water partition coefficient (Wildman–Crippen LogP) is 3.99. The Hall–Kier alpha value is -3.68. The molecule has 0 bridgehead atoms. The number of hydrogen-bond acceptors (Lipinski definition) is 8. The van der Waals surface area contributed by atoms with E-state index in [1.807, 2.05) is 45.0 Å². The Labute approximate surface area is 210 Å². The zero-order valence-corrected chi connectivity index (χ0v) is 21.3. The molecule has 3 aliphatic rings. The van der Waals surface area contributed by atoms with E-state index < -0.39 is 46.6 Å². The third-order valence-corrected chi connectivity index (χ3v) is 7.24. The maximum Gasteiger partial charge on any atom is 0.330 e. The van der Waals surface area contributed by atoms with Gasteiger partial charge in [0, 0.05) is 25.2 Å². The van der Waals surface area contributed by atoms with Gasteiger partial charge in [0.1, 0.15) is 17.8 Å². The van der Waals surface area contributed by atoms with Gasteiger partial charge in [0.25, 0.3) is 5.79 Å². The van der Waals surface area contributed by atoms with Crippen molar-refractivity contribution in [2.24, 2.45) is 15.9 Å². The lowest BCUT2D eigenvalue weighted by Gasteiger charge is -2.44. The van der Waals surface area contributed by atoms with Gasteiger partial charge in [0.05, 0.1) is 13.3 Å². The van der Waals surface area contributed by atoms with Crippen LogP contribution >= 0.6 is 0 Å². The van der Waals surface area contributed by atoms with Crippen LogP contribution in [0.2, 0.25) is 0 Å². The second-order valence-electron chi connectivity index (χ2n) is 11.0. The van der Waals surface area contributed by atoms with Gasteiger partial charge in [-0.25, -0.2) is 0 Å². The molecule has 0 aromatic heterocycles. The van der Waals surface area contributed by atoms with Gasteiger partial charge in [-0.05, 0) is 28.8 Å². The molecule has 3 aliphatic heterocycles. The quantitative estimate of drug-likeness (QED) is 0.474. The average molecular weight is 491 g/mol. The Morgan fingerprint density at radius 1 is 1.00 bits per heavy atom. The number of cyclic esters (lactones) is 2. The number of hydrazone groups is 1. The van der Waals surface area contributed by atoms with Crippen molar-refractivity contribution in [3.63, 3.8) is 0 Å². The SMILES string of the molecule is COc1ccc([C@H]2[C@H](C(=O)C(C)(C)C)N3N=Cc4ccccc4C3C23C(=O)OC(C)(C)OC3=O)cc1. The fraction of sp³-hybridized carbons (Fsp3) is 0.429. The minimum absolute atomic E-state index is 0.146.